The van der Waals surface area contributed by atoms with Gasteiger partial charge in [-0.3, -0.25) is 0 Å². The third-order valence-corrected chi connectivity index (χ3v) is 4.30. The van der Waals surface area contributed by atoms with Crippen LogP contribution in [0.15, 0.2) is 78.9 Å². The monoisotopic (exact) mass is 394 g/mol. The van der Waals surface area contributed by atoms with Crippen molar-refractivity contribution < 1.29 is 19.1 Å². The van der Waals surface area contributed by atoms with Crippen molar-refractivity contribution in [3.8, 4) is 5.75 Å². The Balaban J connectivity index is 1.52. The number of hydrogen-bond donors (Lipinski definition) is 0. The summed E-state index contributed by atoms with van der Waals surface area (Å²) in [5, 5.41) is 0.536. The Morgan fingerprint density at radius 2 is 1.54 bits per heavy atom. The highest BCUT2D eigenvalue weighted by molar-refractivity contribution is 6.30. The average molecular weight is 395 g/mol. The van der Waals surface area contributed by atoms with Crippen molar-refractivity contribution in [3.05, 3.63) is 101 Å². The van der Waals surface area contributed by atoms with Gasteiger partial charge in [0.05, 0.1) is 17.7 Å². The smallest absolute Gasteiger partial charge is 0.343 e. The summed E-state index contributed by atoms with van der Waals surface area (Å²) in [6.45, 7) is 0.322. The fraction of sp³-hybridized carbons (Fsp3) is 0.130. The summed E-state index contributed by atoms with van der Waals surface area (Å²) in [5.74, 6) is -0.693. The minimum absolute atomic E-state index is 0.277. The maximum Gasteiger partial charge on any atom is 0.343 e. The second-order valence-electron chi connectivity index (χ2n) is 6.15. The van der Waals surface area contributed by atoms with Crippen LogP contribution in [0.5, 0.6) is 5.75 Å². The molecule has 0 saturated carbocycles. The molecular weight excluding hydrogens is 376 g/mol. The largest absolute Gasteiger partial charge is 0.462 e. The van der Waals surface area contributed by atoms with Crippen molar-refractivity contribution >= 4 is 23.5 Å². The maximum absolute atomic E-state index is 12.2. The molecule has 3 aromatic carbocycles. The normalized spacial score (nSPS) is 10.3. The van der Waals surface area contributed by atoms with Gasteiger partial charge in [0.2, 0.25) is 0 Å². The van der Waals surface area contributed by atoms with E-state index in [9.17, 15) is 9.59 Å². The minimum atomic E-state index is -0.523. The molecule has 4 nitrogen and oxygen atoms in total. The summed E-state index contributed by atoms with van der Waals surface area (Å²) in [7, 11) is 0. The maximum atomic E-state index is 12.2. The van der Waals surface area contributed by atoms with Crippen LogP contribution in [0.4, 0.5) is 0 Å². The van der Waals surface area contributed by atoms with E-state index < -0.39 is 11.9 Å². The summed E-state index contributed by atoms with van der Waals surface area (Å²) < 4.78 is 10.6. The van der Waals surface area contributed by atoms with Gasteiger partial charge in [0.25, 0.3) is 0 Å². The standard InChI is InChI=1S/C23H19ClO4/c24-20-13-11-18(12-14-20)23(26)28-21-10-4-9-19(16-21)22(25)27-15-5-8-17-6-2-1-3-7-17/h1-4,6-7,9-14,16H,5,8,15H2. The Hall–Kier alpha value is -3.11. The number of benzene rings is 3. The van der Waals surface area contributed by atoms with Gasteiger partial charge in [-0.15, -0.1) is 0 Å². The molecule has 0 spiro atoms. The lowest BCUT2D eigenvalue weighted by Crippen LogP contribution is -2.10. The number of esters is 2. The van der Waals surface area contributed by atoms with Crippen LogP contribution >= 0.6 is 11.6 Å². The first-order chi connectivity index (χ1) is 13.6. The molecule has 0 unspecified atom stereocenters. The van der Waals surface area contributed by atoms with Crippen LogP contribution in [0, 0.1) is 0 Å². The lowest BCUT2D eigenvalue weighted by molar-refractivity contribution is 0.0498. The molecule has 0 aliphatic rings. The topological polar surface area (TPSA) is 52.6 Å². The third-order valence-electron chi connectivity index (χ3n) is 4.05. The fourth-order valence-corrected chi connectivity index (χ4v) is 2.73. The third kappa shape index (κ3) is 5.69. The molecule has 0 heterocycles. The van der Waals surface area contributed by atoms with E-state index in [1.165, 1.54) is 11.6 Å². The second kappa shape index (κ2) is 9.72. The number of halogens is 1. The van der Waals surface area contributed by atoms with Gasteiger partial charge in [-0.1, -0.05) is 48.0 Å². The van der Waals surface area contributed by atoms with Crippen molar-refractivity contribution in [2.75, 3.05) is 6.61 Å². The highest BCUT2D eigenvalue weighted by Crippen LogP contribution is 2.17. The molecule has 5 heteroatoms. The first-order valence-corrected chi connectivity index (χ1v) is 9.28. The number of aryl methyl sites for hydroxylation is 1. The average Bonchev–Trinajstić information content (AvgIpc) is 2.72. The summed E-state index contributed by atoms with van der Waals surface area (Å²) >= 11 is 5.82. The van der Waals surface area contributed by atoms with Crippen LogP contribution in [0.25, 0.3) is 0 Å². The highest BCUT2D eigenvalue weighted by Gasteiger charge is 2.12. The van der Waals surface area contributed by atoms with Crippen LogP contribution in [0.3, 0.4) is 0 Å². The Morgan fingerprint density at radius 3 is 2.29 bits per heavy atom. The Morgan fingerprint density at radius 1 is 0.786 bits per heavy atom. The molecule has 0 fully saturated rings. The molecule has 3 aromatic rings. The van der Waals surface area contributed by atoms with Crippen LogP contribution in [-0.2, 0) is 11.2 Å². The number of hydrogen-bond acceptors (Lipinski definition) is 4. The predicted octanol–water partition coefficient (Wildman–Crippen LogP) is 5.35. The number of ether oxygens (including phenoxy) is 2. The van der Waals surface area contributed by atoms with E-state index in [1.807, 2.05) is 30.3 Å². The van der Waals surface area contributed by atoms with E-state index in [4.69, 9.17) is 21.1 Å². The van der Waals surface area contributed by atoms with Crippen molar-refractivity contribution in [3.63, 3.8) is 0 Å². The van der Waals surface area contributed by atoms with E-state index in [0.29, 0.717) is 22.8 Å². The molecule has 0 aliphatic carbocycles. The number of carbonyl (C=O) groups is 2. The van der Waals surface area contributed by atoms with E-state index in [1.54, 1.807) is 42.5 Å². The molecule has 0 N–H and O–H groups in total. The minimum Gasteiger partial charge on any atom is -0.462 e. The van der Waals surface area contributed by atoms with Crippen LogP contribution in [0.1, 0.15) is 32.7 Å². The molecule has 0 aromatic heterocycles. The van der Waals surface area contributed by atoms with Crippen molar-refractivity contribution in [1.82, 2.24) is 0 Å². The van der Waals surface area contributed by atoms with Crippen molar-refractivity contribution in [2.45, 2.75) is 12.8 Å². The summed E-state index contributed by atoms with van der Waals surface area (Å²) in [4.78, 5) is 24.4. The van der Waals surface area contributed by atoms with Crippen LogP contribution in [0.2, 0.25) is 5.02 Å². The molecule has 0 bridgehead atoms. The van der Waals surface area contributed by atoms with E-state index in [2.05, 4.69) is 0 Å². The SMILES string of the molecule is O=C(OCCCc1ccccc1)c1cccc(OC(=O)c2ccc(Cl)cc2)c1. The Kier molecular flexibility index (Phi) is 6.82. The number of carbonyl (C=O) groups excluding carboxylic acids is 2. The molecule has 0 saturated heterocycles. The molecule has 142 valence electrons. The highest BCUT2D eigenvalue weighted by atomic mass is 35.5. The molecular formula is C23H19ClO4. The molecule has 0 amide bonds. The predicted molar refractivity (Wildman–Crippen MR) is 108 cm³/mol. The molecule has 28 heavy (non-hydrogen) atoms. The summed E-state index contributed by atoms with van der Waals surface area (Å²) in [5.41, 5.74) is 1.91. The molecule has 3 rings (SSSR count). The number of rotatable bonds is 7. The molecule has 0 radical (unpaired) electrons. The Labute approximate surface area is 168 Å². The van der Waals surface area contributed by atoms with Gasteiger partial charge in [-0.25, -0.2) is 9.59 Å². The van der Waals surface area contributed by atoms with Gasteiger partial charge in [0.15, 0.2) is 0 Å². The van der Waals surface area contributed by atoms with Gasteiger partial charge in [-0.2, -0.15) is 0 Å². The van der Waals surface area contributed by atoms with E-state index >= 15 is 0 Å². The fourth-order valence-electron chi connectivity index (χ4n) is 2.61. The second-order valence-corrected chi connectivity index (χ2v) is 6.59. The van der Waals surface area contributed by atoms with Gasteiger partial charge < -0.3 is 9.47 Å². The molecule has 0 atom stereocenters. The zero-order chi connectivity index (χ0) is 19.8. The van der Waals surface area contributed by atoms with Crippen molar-refractivity contribution in [1.29, 1.82) is 0 Å². The summed E-state index contributed by atoms with van der Waals surface area (Å²) in [6.07, 6.45) is 1.58. The van der Waals surface area contributed by atoms with Gasteiger partial charge in [-0.05, 0) is 60.9 Å². The first kappa shape index (κ1) is 19.6. The van der Waals surface area contributed by atoms with Crippen LogP contribution < -0.4 is 4.74 Å². The quantitative estimate of drug-likeness (QED) is 0.308. The lowest BCUT2D eigenvalue weighted by atomic mass is 10.1. The van der Waals surface area contributed by atoms with Gasteiger partial charge >= 0.3 is 11.9 Å². The Bertz CT molecular complexity index is 936. The zero-order valence-corrected chi connectivity index (χ0v) is 15.9. The first-order valence-electron chi connectivity index (χ1n) is 8.91. The zero-order valence-electron chi connectivity index (χ0n) is 15.1. The van der Waals surface area contributed by atoms with E-state index in [-0.39, 0.29) is 5.75 Å². The van der Waals surface area contributed by atoms with Gasteiger partial charge in [0, 0.05) is 5.02 Å². The molecule has 0 aliphatic heterocycles. The van der Waals surface area contributed by atoms with Crippen molar-refractivity contribution in [2.24, 2.45) is 0 Å². The summed E-state index contributed by atoms with van der Waals surface area (Å²) in [6, 6.07) is 22.8. The van der Waals surface area contributed by atoms with Gasteiger partial charge in [0.1, 0.15) is 5.75 Å². The lowest BCUT2D eigenvalue weighted by Gasteiger charge is -2.08. The van der Waals surface area contributed by atoms with E-state index in [0.717, 1.165) is 12.8 Å². The van der Waals surface area contributed by atoms with Crippen LogP contribution in [-0.4, -0.2) is 18.5 Å².